The highest BCUT2D eigenvalue weighted by molar-refractivity contribution is 7.85. The Morgan fingerprint density at radius 1 is 0.750 bits per heavy atom. The minimum atomic E-state index is -4.30. The highest BCUT2D eigenvalue weighted by Gasteiger charge is 2.08. The highest BCUT2D eigenvalue weighted by Crippen LogP contribution is 2.13. The van der Waals surface area contributed by atoms with Crippen LogP contribution in [-0.4, -0.2) is 13.0 Å². The molecule has 0 spiro atoms. The van der Waals surface area contributed by atoms with Gasteiger partial charge in [0.05, 0.1) is 16.3 Å². The second kappa shape index (κ2) is 7.94. The Morgan fingerprint density at radius 2 is 1.36 bits per heavy atom. The minimum Gasteiger partial charge on any atom is -0.287 e. The predicted molar refractivity (Wildman–Crippen MR) is 102 cm³/mol. The summed E-state index contributed by atoms with van der Waals surface area (Å²) in [6.07, 6.45) is 0. The predicted octanol–water partition coefficient (Wildman–Crippen LogP) is 0.385. The molecule has 0 aliphatic rings. The third-order valence-corrected chi connectivity index (χ3v) is 4.47. The molecule has 0 fully saturated rings. The molecule has 0 aromatic heterocycles. The number of para-hydroxylation sites is 1. The van der Waals surface area contributed by atoms with E-state index in [1.165, 1.54) is 36.4 Å². The fourth-order valence-electron chi connectivity index (χ4n) is 2.20. The molecule has 9 nitrogen and oxygen atoms in total. The minimum absolute atomic E-state index is 0.0490. The first-order valence-corrected chi connectivity index (χ1v) is 9.36. The monoisotopic (exact) mass is 398 g/mol. The van der Waals surface area contributed by atoms with Crippen molar-refractivity contribution < 1.29 is 13.0 Å². The van der Waals surface area contributed by atoms with Gasteiger partial charge < -0.3 is 0 Å². The molecule has 28 heavy (non-hydrogen) atoms. The second-order valence-corrected chi connectivity index (χ2v) is 6.99. The first-order valence-electron chi connectivity index (χ1n) is 7.92. The van der Waals surface area contributed by atoms with Crippen LogP contribution in [0.2, 0.25) is 0 Å². The van der Waals surface area contributed by atoms with Gasteiger partial charge in [0, 0.05) is 0 Å². The van der Waals surface area contributed by atoms with Gasteiger partial charge in [0.1, 0.15) is 5.36 Å². The van der Waals surface area contributed by atoms with Crippen molar-refractivity contribution in [2.24, 2.45) is 10.2 Å². The van der Waals surface area contributed by atoms with Gasteiger partial charge in [-0.15, -0.1) is 0 Å². The molecule has 3 aromatic carbocycles. The Morgan fingerprint density at radius 3 is 2.00 bits per heavy atom. The maximum atomic E-state index is 12.4. The molecule has 0 aliphatic heterocycles. The lowest BCUT2D eigenvalue weighted by Crippen LogP contribution is -2.47. The number of rotatable bonds is 5. The number of hydrogen-bond acceptors (Lipinski definition) is 8. The standard InChI is InChI=1S/C18H14N4O5S/c23-16-11-10-15(18(24)17(16)22-20-12-4-2-1-3-5-12)21-19-13-6-8-14(9-7-13)28(25,26)27/h1-11,19-20H,(H,25,26,27)/b21-15+,22-17-. The lowest BCUT2D eigenvalue weighted by Gasteiger charge is -2.01. The Hall–Kier alpha value is -3.63. The molecule has 3 rings (SSSR count). The molecule has 3 aromatic rings. The third kappa shape index (κ3) is 4.55. The Kier molecular flexibility index (Phi) is 5.43. The zero-order valence-electron chi connectivity index (χ0n) is 14.2. The molecule has 0 radical (unpaired) electrons. The van der Waals surface area contributed by atoms with E-state index < -0.39 is 21.0 Å². The summed E-state index contributed by atoms with van der Waals surface area (Å²) in [5, 5.41) is 7.44. The van der Waals surface area contributed by atoms with Crippen molar-refractivity contribution in [3.8, 4) is 0 Å². The number of hydrogen-bond donors (Lipinski definition) is 3. The number of anilines is 2. The maximum Gasteiger partial charge on any atom is 0.294 e. The van der Waals surface area contributed by atoms with Crippen LogP contribution >= 0.6 is 0 Å². The molecule has 0 saturated carbocycles. The summed E-state index contributed by atoms with van der Waals surface area (Å²) in [5.74, 6) is 0. The van der Waals surface area contributed by atoms with Gasteiger partial charge in [-0.25, -0.2) is 0 Å². The average molecular weight is 398 g/mol. The molecule has 3 N–H and O–H groups in total. The molecular weight excluding hydrogens is 384 g/mol. The summed E-state index contributed by atoms with van der Waals surface area (Å²) in [5.41, 5.74) is 5.00. The van der Waals surface area contributed by atoms with Gasteiger partial charge in [0.15, 0.2) is 5.36 Å². The van der Waals surface area contributed by atoms with E-state index in [1.54, 1.807) is 24.3 Å². The maximum absolute atomic E-state index is 12.4. The van der Waals surface area contributed by atoms with Crippen LogP contribution in [0.1, 0.15) is 0 Å². The van der Waals surface area contributed by atoms with E-state index in [4.69, 9.17) is 4.55 Å². The number of nitrogens with one attached hydrogen (secondary N) is 2. The van der Waals surface area contributed by atoms with Crippen LogP contribution in [0.3, 0.4) is 0 Å². The first kappa shape index (κ1) is 19.1. The zero-order chi connectivity index (χ0) is 20.1. The van der Waals surface area contributed by atoms with E-state index in [0.717, 1.165) is 0 Å². The largest absolute Gasteiger partial charge is 0.294 e. The van der Waals surface area contributed by atoms with Crippen LogP contribution in [0.25, 0.3) is 0 Å². The van der Waals surface area contributed by atoms with E-state index in [9.17, 15) is 18.0 Å². The van der Waals surface area contributed by atoms with Crippen molar-refractivity contribution in [3.63, 3.8) is 0 Å². The van der Waals surface area contributed by atoms with Crippen molar-refractivity contribution in [3.05, 3.63) is 97.9 Å². The Bertz CT molecular complexity index is 1310. The van der Waals surface area contributed by atoms with Crippen LogP contribution in [0, 0.1) is 0 Å². The van der Waals surface area contributed by atoms with Gasteiger partial charge in [-0.3, -0.25) is 25.0 Å². The SMILES string of the molecule is O=c1cc/c(=N\Nc2ccc(S(=O)(=O)O)cc2)c(=O)/c1=N\Nc1ccccc1. The highest BCUT2D eigenvalue weighted by atomic mass is 32.2. The second-order valence-electron chi connectivity index (χ2n) is 5.57. The summed E-state index contributed by atoms with van der Waals surface area (Å²) in [7, 11) is -4.30. The van der Waals surface area contributed by atoms with Gasteiger partial charge in [0.2, 0.25) is 10.9 Å². The van der Waals surface area contributed by atoms with E-state index >= 15 is 0 Å². The van der Waals surface area contributed by atoms with Crippen LogP contribution in [-0.2, 0) is 10.1 Å². The summed E-state index contributed by atoms with van der Waals surface area (Å²) in [6.45, 7) is 0. The average Bonchev–Trinajstić information content (AvgIpc) is 2.68. The Balaban J connectivity index is 1.91. The lowest BCUT2D eigenvalue weighted by atomic mass is 10.3. The van der Waals surface area contributed by atoms with Crippen molar-refractivity contribution in [2.75, 3.05) is 10.9 Å². The molecule has 0 atom stereocenters. The van der Waals surface area contributed by atoms with E-state index in [2.05, 4.69) is 21.1 Å². The third-order valence-electron chi connectivity index (χ3n) is 3.60. The lowest BCUT2D eigenvalue weighted by molar-refractivity contribution is 0.483. The fraction of sp³-hybridized carbons (Fsp3) is 0. The molecule has 142 valence electrons. The van der Waals surface area contributed by atoms with E-state index in [-0.39, 0.29) is 15.6 Å². The molecule has 0 bridgehead atoms. The summed E-state index contributed by atoms with van der Waals surface area (Å²) in [4.78, 5) is 24.1. The van der Waals surface area contributed by atoms with Gasteiger partial charge >= 0.3 is 0 Å². The van der Waals surface area contributed by atoms with E-state index in [1.807, 2.05) is 6.07 Å². The van der Waals surface area contributed by atoms with Crippen LogP contribution in [0.4, 0.5) is 11.4 Å². The number of benzene rings is 3. The first-order chi connectivity index (χ1) is 13.3. The zero-order valence-corrected chi connectivity index (χ0v) is 15.1. The van der Waals surface area contributed by atoms with Crippen molar-refractivity contribution in [1.29, 1.82) is 0 Å². The normalized spacial score (nSPS) is 12.8. The molecule has 0 aliphatic carbocycles. The van der Waals surface area contributed by atoms with Crippen molar-refractivity contribution in [1.82, 2.24) is 0 Å². The molecule has 0 heterocycles. The van der Waals surface area contributed by atoms with Crippen LogP contribution < -0.4 is 32.4 Å². The molecule has 0 unspecified atom stereocenters. The van der Waals surface area contributed by atoms with Crippen molar-refractivity contribution in [2.45, 2.75) is 4.90 Å². The summed E-state index contributed by atoms with van der Waals surface area (Å²) < 4.78 is 31.0. The fourth-order valence-corrected chi connectivity index (χ4v) is 2.68. The van der Waals surface area contributed by atoms with Crippen LogP contribution in [0.15, 0.2) is 91.4 Å². The Labute approximate surface area is 158 Å². The van der Waals surface area contributed by atoms with Gasteiger partial charge in [-0.1, -0.05) is 18.2 Å². The molecular formula is C18H14N4O5S. The van der Waals surface area contributed by atoms with Crippen LogP contribution in [0.5, 0.6) is 0 Å². The molecule has 0 amide bonds. The van der Waals surface area contributed by atoms with Gasteiger partial charge in [-0.05, 0) is 48.5 Å². The van der Waals surface area contributed by atoms with E-state index in [0.29, 0.717) is 11.4 Å². The summed E-state index contributed by atoms with van der Waals surface area (Å²) >= 11 is 0. The van der Waals surface area contributed by atoms with Crippen molar-refractivity contribution >= 4 is 21.5 Å². The molecule has 10 heteroatoms. The number of nitrogens with zero attached hydrogens (tertiary/aromatic N) is 2. The smallest absolute Gasteiger partial charge is 0.287 e. The van der Waals surface area contributed by atoms with Gasteiger partial charge in [0.25, 0.3) is 10.1 Å². The summed E-state index contributed by atoms with van der Waals surface area (Å²) in [6, 6.07) is 16.3. The van der Waals surface area contributed by atoms with Gasteiger partial charge in [-0.2, -0.15) is 18.6 Å². The molecule has 0 saturated heterocycles. The quantitative estimate of drug-likeness (QED) is 0.417. The topological polar surface area (TPSA) is 137 Å².